The van der Waals surface area contributed by atoms with Crippen LogP contribution in [0.2, 0.25) is 0 Å². The first-order valence-electron chi connectivity index (χ1n) is 7.56. The molecule has 7 nitrogen and oxygen atoms in total. The number of hydrogen-bond acceptors (Lipinski definition) is 4. The first-order valence-corrected chi connectivity index (χ1v) is 9.40. The van der Waals surface area contributed by atoms with Crippen LogP contribution < -0.4 is 5.32 Å². The lowest BCUT2D eigenvalue weighted by atomic mass is 10.3. The third-order valence-corrected chi connectivity index (χ3v) is 6.05. The van der Waals surface area contributed by atoms with Gasteiger partial charge in [0.05, 0.1) is 4.90 Å². The molecule has 132 valence electrons. The van der Waals surface area contributed by atoms with E-state index in [-0.39, 0.29) is 10.8 Å². The maximum atomic E-state index is 12.2. The number of thiocarbonyl (C=S) groups is 1. The van der Waals surface area contributed by atoms with Gasteiger partial charge in [-0.05, 0) is 30.4 Å². The molecule has 1 N–H and O–H groups in total. The molecule has 0 aromatic heterocycles. The van der Waals surface area contributed by atoms with Crippen LogP contribution in [0, 0.1) is 0 Å². The van der Waals surface area contributed by atoms with Gasteiger partial charge in [-0.3, -0.25) is 4.79 Å². The van der Waals surface area contributed by atoms with Crippen LogP contribution in [-0.2, 0) is 14.8 Å². The summed E-state index contributed by atoms with van der Waals surface area (Å²) in [5.41, 5.74) is 0.622. The zero-order chi connectivity index (χ0) is 17.9. The quantitative estimate of drug-likeness (QED) is 0.794. The Labute approximate surface area is 148 Å². The lowest BCUT2D eigenvalue weighted by Crippen LogP contribution is -2.51. The number of hydrogen-bond donors (Lipinski definition) is 1. The predicted molar refractivity (Wildman–Crippen MR) is 97.4 cm³/mol. The van der Waals surface area contributed by atoms with Crippen molar-refractivity contribution in [1.82, 2.24) is 14.1 Å². The van der Waals surface area contributed by atoms with Gasteiger partial charge >= 0.3 is 0 Å². The average molecular weight is 371 g/mol. The molecule has 1 aliphatic heterocycles. The van der Waals surface area contributed by atoms with Crippen molar-refractivity contribution in [3.05, 3.63) is 24.3 Å². The molecular weight excluding hydrogens is 348 g/mol. The molecule has 0 bridgehead atoms. The minimum Gasteiger partial charge on any atom is -0.345 e. The molecule has 0 unspecified atom stereocenters. The van der Waals surface area contributed by atoms with E-state index in [0.717, 1.165) is 0 Å². The van der Waals surface area contributed by atoms with Crippen LogP contribution in [0.1, 0.15) is 6.92 Å². The maximum Gasteiger partial charge on any atom is 0.242 e. The zero-order valence-electron chi connectivity index (χ0n) is 14.0. The topological polar surface area (TPSA) is 73.0 Å². The molecule has 1 saturated heterocycles. The molecule has 0 radical (unpaired) electrons. The number of sulfonamides is 1. The Hall–Kier alpha value is -1.71. The van der Waals surface area contributed by atoms with Crippen molar-refractivity contribution in [1.29, 1.82) is 0 Å². The van der Waals surface area contributed by atoms with Crippen molar-refractivity contribution in [3.8, 4) is 0 Å². The highest BCUT2D eigenvalue weighted by atomic mass is 32.2. The van der Waals surface area contributed by atoms with E-state index in [9.17, 15) is 13.2 Å². The second-order valence-electron chi connectivity index (χ2n) is 5.74. The summed E-state index contributed by atoms with van der Waals surface area (Å²) in [6.45, 7) is 4.13. The van der Waals surface area contributed by atoms with E-state index in [1.165, 1.54) is 18.4 Å². The molecule has 1 aliphatic rings. The number of piperazine rings is 1. The molecule has 0 spiro atoms. The summed E-state index contributed by atoms with van der Waals surface area (Å²) >= 11 is 5.40. The number of carbonyl (C=O) groups is 1. The monoisotopic (exact) mass is 370 g/mol. The van der Waals surface area contributed by atoms with Crippen LogP contribution in [-0.4, -0.2) is 73.8 Å². The molecule has 1 amide bonds. The number of nitrogens with zero attached hydrogens (tertiary/aromatic N) is 3. The summed E-state index contributed by atoms with van der Waals surface area (Å²) in [5, 5.41) is 3.60. The van der Waals surface area contributed by atoms with Crippen LogP contribution in [0.25, 0.3) is 0 Å². The van der Waals surface area contributed by atoms with E-state index in [4.69, 9.17) is 12.2 Å². The highest BCUT2D eigenvalue weighted by Crippen LogP contribution is 2.18. The van der Waals surface area contributed by atoms with E-state index in [0.29, 0.717) is 37.0 Å². The Kier molecular flexibility index (Phi) is 5.79. The van der Waals surface area contributed by atoms with Crippen LogP contribution in [0.15, 0.2) is 29.2 Å². The molecular formula is C15H22N4O3S2. The molecule has 24 heavy (non-hydrogen) atoms. The van der Waals surface area contributed by atoms with Gasteiger partial charge in [-0.25, -0.2) is 12.7 Å². The van der Waals surface area contributed by atoms with Crippen molar-refractivity contribution in [2.75, 3.05) is 45.6 Å². The molecule has 1 aromatic carbocycles. The first-order chi connectivity index (χ1) is 11.2. The number of carbonyl (C=O) groups excluding carboxylic acids is 1. The standard InChI is InChI=1S/C15H22N4O3S2/c1-12(20)18-7-9-19(10-8-18)15(23)16-13-5-4-6-14(11-13)24(21,22)17(2)3/h4-6,11H,7-10H2,1-3H3,(H,16,23). The van der Waals surface area contributed by atoms with Crippen LogP contribution >= 0.6 is 12.2 Å². The summed E-state index contributed by atoms with van der Waals surface area (Å²) < 4.78 is 25.6. The maximum absolute atomic E-state index is 12.2. The fourth-order valence-electron chi connectivity index (χ4n) is 2.37. The van der Waals surface area contributed by atoms with Crippen molar-refractivity contribution in [2.24, 2.45) is 0 Å². The van der Waals surface area contributed by atoms with Crippen molar-refractivity contribution >= 4 is 38.9 Å². The second kappa shape index (κ2) is 7.45. The fraction of sp³-hybridized carbons (Fsp3) is 0.467. The molecule has 1 heterocycles. The van der Waals surface area contributed by atoms with Gasteiger partial charge in [0.2, 0.25) is 15.9 Å². The predicted octanol–water partition coefficient (Wildman–Crippen LogP) is 0.798. The van der Waals surface area contributed by atoms with Crippen molar-refractivity contribution < 1.29 is 13.2 Å². The number of rotatable bonds is 3. The molecule has 0 saturated carbocycles. The van der Waals surface area contributed by atoms with Gasteiger partial charge in [0.25, 0.3) is 0 Å². The lowest BCUT2D eigenvalue weighted by Gasteiger charge is -2.35. The molecule has 1 fully saturated rings. The fourth-order valence-corrected chi connectivity index (χ4v) is 3.62. The number of amides is 1. The Bertz CT molecular complexity index is 726. The summed E-state index contributed by atoms with van der Waals surface area (Å²) in [7, 11) is -0.495. The van der Waals surface area contributed by atoms with Crippen molar-refractivity contribution in [3.63, 3.8) is 0 Å². The molecule has 0 atom stereocenters. The van der Waals surface area contributed by atoms with E-state index in [1.54, 1.807) is 36.1 Å². The van der Waals surface area contributed by atoms with Gasteiger partial charge in [0, 0.05) is 52.9 Å². The van der Waals surface area contributed by atoms with Gasteiger partial charge in [-0.2, -0.15) is 0 Å². The average Bonchev–Trinajstić information content (AvgIpc) is 2.55. The largest absolute Gasteiger partial charge is 0.345 e. The minimum atomic E-state index is -3.48. The third kappa shape index (κ3) is 4.22. The summed E-state index contributed by atoms with van der Waals surface area (Å²) in [5.74, 6) is 0.0649. The Morgan fingerprint density at radius 1 is 1.17 bits per heavy atom. The highest BCUT2D eigenvalue weighted by Gasteiger charge is 2.21. The third-order valence-electron chi connectivity index (χ3n) is 3.88. The van der Waals surface area contributed by atoms with Gasteiger partial charge in [0.1, 0.15) is 0 Å². The molecule has 2 rings (SSSR count). The Morgan fingerprint density at radius 2 is 1.75 bits per heavy atom. The van der Waals surface area contributed by atoms with Crippen LogP contribution in [0.5, 0.6) is 0 Å². The second-order valence-corrected chi connectivity index (χ2v) is 8.28. The Balaban J connectivity index is 2.04. The van der Waals surface area contributed by atoms with E-state index in [2.05, 4.69) is 5.32 Å². The lowest BCUT2D eigenvalue weighted by molar-refractivity contribution is -0.130. The van der Waals surface area contributed by atoms with Crippen LogP contribution in [0.3, 0.4) is 0 Å². The summed E-state index contributed by atoms with van der Waals surface area (Å²) in [6.07, 6.45) is 0. The highest BCUT2D eigenvalue weighted by molar-refractivity contribution is 7.89. The number of anilines is 1. The van der Waals surface area contributed by atoms with E-state index in [1.807, 2.05) is 4.90 Å². The minimum absolute atomic E-state index is 0.0649. The normalized spacial score (nSPS) is 15.5. The SMILES string of the molecule is CC(=O)N1CCN(C(=S)Nc2cccc(S(=O)(=O)N(C)C)c2)CC1. The molecule has 9 heteroatoms. The summed E-state index contributed by atoms with van der Waals surface area (Å²) in [6, 6.07) is 6.56. The van der Waals surface area contributed by atoms with Gasteiger partial charge in [0.15, 0.2) is 5.11 Å². The van der Waals surface area contributed by atoms with Crippen LogP contribution in [0.4, 0.5) is 5.69 Å². The van der Waals surface area contributed by atoms with E-state index >= 15 is 0 Å². The number of benzene rings is 1. The molecule has 0 aliphatic carbocycles. The first kappa shape index (κ1) is 18.6. The summed E-state index contributed by atoms with van der Waals surface area (Å²) in [4.78, 5) is 15.3. The van der Waals surface area contributed by atoms with Crippen molar-refractivity contribution in [2.45, 2.75) is 11.8 Å². The van der Waals surface area contributed by atoms with Gasteiger partial charge < -0.3 is 15.1 Å². The van der Waals surface area contributed by atoms with E-state index < -0.39 is 10.0 Å². The zero-order valence-corrected chi connectivity index (χ0v) is 15.7. The Morgan fingerprint density at radius 3 is 2.29 bits per heavy atom. The molecule has 1 aromatic rings. The van der Waals surface area contributed by atoms with Gasteiger partial charge in [-0.1, -0.05) is 6.07 Å². The van der Waals surface area contributed by atoms with Gasteiger partial charge in [-0.15, -0.1) is 0 Å². The smallest absolute Gasteiger partial charge is 0.242 e. The number of nitrogens with one attached hydrogen (secondary N) is 1.